The molecule has 2 aromatic rings. The van der Waals surface area contributed by atoms with E-state index in [0.717, 1.165) is 34.6 Å². The van der Waals surface area contributed by atoms with Gasteiger partial charge >= 0.3 is 0 Å². The van der Waals surface area contributed by atoms with E-state index in [1.165, 1.54) is 22.2 Å². The lowest BCUT2D eigenvalue weighted by atomic mass is 10.00. The third kappa shape index (κ3) is 4.20. The van der Waals surface area contributed by atoms with Gasteiger partial charge in [-0.25, -0.2) is 9.97 Å². The molecule has 24 heavy (non-hydrogen) atoms. The Kier molecular flexibility index (Phi) is 6.86. The van der Waals surface area contributed by atoms with E-state index in [4.69, 9.17) is 0 Å². The molecule has 8 heteroatoms. The smallest absolute Gasteiger partial charge is 0.230 e. The van der Waals surface area contributed by atoms with Crippen LogP contribution in [0.5, 0.6) is 0 Å². The van der Waals surface area contributed by atoms with E-state index in [1.54, 1.807) is 17.7 Å². The van der Waals surface area contributed by atoms with E-state index in [9.17, 15) is 4.79 Å². The molecule has 2 N–H and O–H groups in total. The molecule has 0 radical (unpaired) electrons. The molecule has 1 saturated heterocycles. The number of aryl methyl sites for hydroxylation is 2. The number of rotatable bonds is 4. The van der Waals surface area contributed by atoms with Crippen molar-refractivity contribution in [1.82, 2.24) is 20.6 Å². The van der Waals surface area contributed by atoms with Gasteiger partial charge < -0.3 is 10.6 Å². The molecule has 1 aliphatic heterocycles. The number of hydrogen-bond acceptors (Lipinski definition) is 6. The molecule has 0 spiro atoms. The van der Waals surface area contributed by atoms with Crippen molar-refractivity contribution >= 4 is 51.6 Å². The van der Waals surface area contributed by atoms with Gasteiger partial charge in [0.05, 0.1) is 5.75 Å². The van der Waals surface area contributed by atoms with Crippen molar-refractivity contribution < 1.29 is 4.79 Å². The predicted octanol–water partition coefficient (Wildman–Crippen LogP) is 3.08. The maximum Gasteiger partial charge on any atom is 0.230 e. The Morgan fingerprint density at radius 2 is 2.25 bits per heavy atom. The van der Waals surface area contributed by atoms with Gasteiger partial charge in [0.1, 0.15) is 16.2 Å². The highest BCUT2D eigenvalue weighted by atomic mass is 35.5. The average Bonchev–Trinajstić information content (AvgIpc) is 2.83. The van der Waals surface area contributed by atoms with Crippen LogP contribution in [0.1, 0.15) is 30.2 Å². The van der Waals surface area contributed by atoms with Crippen molar-refractivity contribution in [3.05, 3.63) is 16.8 Å². The van der Waals surface area contributed by atoms with Crippen LogP contribution in [0.2, 0.25) is 0 Å². The molecule has 1 amide bonds. The van der Waals surface area contributed by atoms with Crippen LogP contribution in [-0.4, -0.2) is 40.3 Å². The summed E-state index contributed by atoms with van der Waals surface area (Å²) >= 11 is 3.18. The fraction of sp³-hybridized carbons (Fsp3) is 0.562. The number of piperidine rings is 1. The zero-order valence-corrected chi connectivity index (χ0v) is 16.5. The maximum absolute atomic E-state index is 12.3. The topological polar surface area (TPSA) is 66.9 Å². The Balaban J connectivity index is 0.00000208. The van der Waals surface area contributed by atoms with Crippen LogP contribution in [0.15, 0.2) is 11.4 Å². The van der Waals surface area contributed by atoms with Crippen molar-refractivity contribution in [2.24, 2.45) is 0 Å². The average molecular weight is 387 g/mol. The van der Waals surface area contributed by atoms with Crippen LogP contribution < -0.4 is 10.6 Å². The molecule has 1 aliphatic rings. The van der Waals surface area contributed by atoms with E-state index >= 15 is 0 Å². The minimum absolute atomic E-state index is 0. The Morgan fingerprint density at radius 3 is 3.00 bits per heavy atom. The van der Waals surface area contributed by atoms with Crippen LogP contribution in [-0.2, 0) is 4.79 Å². The van der Waals surface area contributed by atoms with E-state index in [2.05, 4.69) is 41.4 Å². The number of thioether (sulfide) groups is 1. The maximum atomic E-state index is 12.3. The Labute approximate surface area is 156 Å². The quantitative estimate of drug-likeness (QED) is 0.624. The number of amides is 1. The molecule has 0 aliphatic carbocycles. The number of fused-ring (bicyclic) bond motifs is 1. The second-order valence-corrected chi connectivity index (χ2v) is 8.16. The predicted molar refractivity (Wildman–Crippen MR) is 103 cm³/mol. The minimum atomic E-state index is 0. The summed E-state index contributed by atoms with van der Waals surface area (Å²) < 4.78 is 0. The lowest BCUT2D eigenvalue weighted by Crippen LogP contribution is -2.52. The van der Waals surface area contributed by atoms with Gasteiger partial charge in [-0.3, -0.25) is 4.79 Å². The zero-order valence-electron chi connectivity index (χ0n) is 14.1. The third-order valence-corrected chi connectivity index (χ3v) is 6.48. The lowest BCUT2D eigenvalue weighted by molar-refractivity contribution is -0.119. The normalized spacial score (nSPS) is 20.6. The molecule has 0 aromatic carbocycles. The summed E-state index contributed by atoms with van der Waals surface area (Å²) in [4.78, 5) is 23.2. The molecule has 2 aromatic heterocycles. The van der Waals surface area contributed by atoms with Crippen molar-refractivity contribution in [3.63, 3.8) is 0 Å². The van der Waals surface area contributed by atoms with Crippen molar-refractivity contribution in [1.29, 1.82) is 0 Å². The van der Waals surface area contributed by atoms with Gasteiger partial charge in [-0.2, -0.15) is 0 Å². The van der Waals surface area contributed by atoms with Crippen LogP contribution in [0.25, 0.3) is 10.2 Å². The standard InChI is InChI=1S/C16H22N4OS2.ClH/c1-9-11(3)23-16-14(9)15(18-8-19-16)22-7-13(21)20-12-5-4-6-17-10(12)2;/h8,10,12,17H,4-7H2,1-3H3,(H,20,21);1H. The number of aromatic nitrogens is 2. The van der Waals surface area contributed by atoms with Crippen LogP contribution in [0, 0.1) is 13.8 Å². The van der Waals surface area contributed by atoms with Gasteiger partial charge in [-0.15, -0.1) is 23.7 Å². The second-order valence-electron chi connectivity index (χ2n) is 5.99. The molecule has 2 atom stereocenters. The van der Waals surface area contributed by atoms with E-state index < -0.39 is 0 Å². The molecule has 0 saturated carbocycles. The van der Waals surface area contributed by atoms with E-state index in [0.29, 0.717) is 11.8 Å². The second kappa shape index (κ2) is 8.47. The highest BCUT2D eigenvalue weighted by Gasteiger charge is 2.22. The first-order valence-electron chi connectivity index (χ1n) is 7.92. The third-order valence-electron chi connectivity index (χ3n) is 4.38. The van der Waals surface area contributed by atoms with Gasteiger partial charge in [-0.05, 0) is 45.7 Å². The van der Waals surface area contributed by atoms with Gasteiger partial charge in [0, 0.05) is 22.3 Å². The molecule has 1 fully saturated rings. The first kappa shape index (κ1) is 19.4. The SMILES string of the molecule is Cc1sc2ncnc(SCC(=O)NC3CCCNC3C)c2c1C.Cl. The molecule has 5 nitrogen and oxygen atoms in total. The van der Waals surface area contributed by atoms with Gasteiger partial charge in [0.15, 0.2) is 0 Å². The summed E-state index contributed by atoms with van der Waals surface area (Å²) in [7, 11) is 0. The number of halogens is 1. The molecular weight excluding hydrogens is 364 g/mol. The molecule has 3 heterocycles. The summed E-state index contributed by atoms with van der Waals surface area (Å²) in [5.41, 5.74) is 1.22. The summed E-state index contributed by atoms with van der Waals surface area (Å²) in [6, 6.07) is 0.567. The van der Waals surface area contributed by atoms with Crippen LogP contribution in [0.3, 0.4) is 0 Å². The van der Waals surface area contributed by atoms with E-state index in [-0.39, 0.29) is 24.4 Å². The highest BCUT2D eigenvalue weighted by molar-refractivity contribution is 8.00. The first-order valence-corrected chi connectivity index (χ1v) is 9.72. The number of thiophene rings is 1. The van der Waals surface area contributed by atoms with Crippen LogP contribution in [0.4, 0.5) is 0 Å². The number of nitrogens with zero attached hydrogens (tertiary/aromatic N) is 2. The molecule has 0 bridgehead atoms. The van der Waals surface area contributed by atoms with Crippen molar-refractivity contribution in [2.45, 2.75) is 50.7 Å². The number of carbonyl (C=O) groups is 1. The number of carbonyl (C=O) groups excluding carboxylic acids is 1. The Morgan fingerprint density at radius 1 is 1.46 bits per heavy atom. The number of nitrogens with one attached hydrogen (secondary N) is 2. The Bertz CT molecular complexity index is 721. The lowest BCUT2D eigenvalue weighted by Gasteiger charge is -2.30. The molecule has 3 rings (SSSR count). The fourth-order valence-electron chi connectivity index (χ4n) is 2.88. The molecular formula is C16H23ClN4OS2. The van der Waals surface area contributed by atoms with Crippen molar-refractivity contribution in [3.8, 4) is 0 Å². The zero-order chi connectivity index (χ0) is 16.4. The molecule has 132 valence electrons. The largest absolute Gasteiger partial charge is 0.351 e. The highest BCUT2D eigenvalue weighted by Crippen LogP contribution is 2.34. The fourth-order valence-corrected chi connectivity index (χ4v) is 4.81. The summed E-state index contributed by atoms with van der Waals surface area (Å²) in [5.74, 6) is 0.468. The summed E-state index contributed by atoms with van der Waals surface area (Å²) in [5, 5.41) is 8.55. The minimum Gasteiger partial charge on any atom is -0.351 e. The first-order chi connectivity index (χ1) is 11.1. The van der Waals surface area contributed by atoms with E-state index in [1.807, 2.05) is 0 Å². The monoisotopic (exact) mass is 386 g/mol. The summed E-state index contributed by atoms with van der Waals surface area (Å²) in [6.45, 7) is 7.36. The van der Waals surface area contributed by atoms with Gasteiger partial charge in [-0.1, -0.05) is 11.8 Å². The Hall–Kier alpha value is -0.890. The number of hydrogen-bond donors (Lipinski definition) is 2. The van der Waals surface area contributed by atoms with Gasteiger partial charge in [0.2, 0.25) is 5.91 Å². The van der Waals surface area contributed by atoms with Crippen molar-refractivity contribution in [2.75, 3.05) is 12.3 Å². The van der Waals surface area contributed by atoms with Gasteiger partial charge in [0.25, 0.3) is 0 Å². The molecule has 2 unspecified atom stereocenters. The van der Waals surface area contributed by atoms with Crippen LogP contribution >= 0.6 is 35.5 Å². The summed E-state index contributed by atoms with van der Waals surface area (Å²) in [6.07, 6.45) is 3.75.